The molecule has 35 heavy (non-hydrogen) atoms. The van der Waals surface area contributed by atoms with Crippen molar-refractivity contribution in [1.82, 2.24) is 9.88 Å². The van der Waals surface area contributed by atoms with Crippen molar-refractivity contribution in [3.63, 3.8) is 0 Å². The van der Waals surface area contributed by atoms with Crippen molar-refractivity contribution in [3.05, 3.63) is 64.2 Å². The zero-order valence-corrected chi connectivity index (χ0v) is 20.4. The molecule has 0 bridgehead atoms. The largest absolute Gasteiger partial charge is 0.493 e. The van der Waals surface area contributed by atoms with Gasteiger partial charge in [0.2, 0.25) is 0 Å². The number of thiazole rings is 1. The minimum atomic E-state index is -0.303. The molecule has 2 aromatic carbocycles. The quantitative estimate of drug-likeness (QED) is 0.580. The first kappa shape index (κ1) is 22.3. The molecule has 3 aliphatic heterocycles. The zero-order valence-electron chi connectivity index (χ0n) is 18.8. The Kier molecular flexibility index (Phi) is 6.01. The third-order valence-corrected chi connectivity index (χ3v) is 7.84. The number of aromatic nitrogens is 1. The van der Waals surface area contributed by atoms with Gasteiger partial charge in [0.25, 0.3) is 11.8 Å². The Labute approximate surface area is 210 Å². The van der Waals surface area contributed by atoms with Crippen LogP contribution in [0.4, 0.5) is 5.13 Å². The number of aliphatic imine (C=N–C) groups is 1. The van der Waals surface area contributed by atoms with Crippen LogP contribution in [0.5, 0.6) is 5.75 Å². The SMILES string of the molecule is O=C(Nc1nc2ccc(C(=O)N3CCOCC3)cc2s1)C1=CSCC(c2ccc3c(c2)CCO3)=N1. The normalized spacial score (nSPS) is 17.4. The fraction of sp³-hybridized carbons (Fsp3) is 0.280. The lowest BCUT2D eigenvalue weighted by atomic mass is 10.1. The van der Waals surface area contributed by atoms with Gasteiger partial charge in [0.15, 0.2) is 5.13 Å². The monoisotopic (exact) mass is 506 g/mol. The van der Waals surface area contributed by atoms with E-state index >= 15 is 0 Å². The second kappa shape index (κ2) is 9.44. The highest BCUT2D eigenvalue weighted by Crippen LogP contribution is 2.30. The van der Waals surface area contributed by atoms with E-state index in [0.29, 0.717) is 55.1 Å². The van der Waals surface area contributed by atoms with E-state index < -0.39 is 0 Å². The summed E-state index contributed by atoms with van der Waals surface area (Å²) in [6, 6.07) is 11.5. The fourth-order valence-corrected chi connectivity index (χ4v) is 5.93. The summed E-state index contributed by atoms with van der Waals surface area (Å²) < 4.78 is 11.8. The highest BCUT2D eigenvalue weighted by Gasteiger charge is 2.21. The van der Waals surface area contributed by atoms with E-state index in [9.17, 15) is 9.59 Å². The molecule has 0 atom stereocenters. The molecule has 8 nitrogen and oxygen atoms in total. The Morgan fingerprint density at radius 3 is 2.83 bits per heavy atom. The van der Waals surface area contributed by atoms with E-state index in [4.69, 9.17) is 9.47 Å². The molecule has 0 radical (unpaired) electrons. The molecule has 0 unspecified atom stereocenters. The minimum Gasteiger partial charge on any atom is -0.493 e. The van der Waals surface area contributed by atoms with E-state index in [1.807, 2.05) is 24.3 Å². The van der Waals surface area contributed by atoms with Crippen LogP contribution < -0.4 is 10.1 Å². The maximum atomic E-state index is 13.0. The number of fused-ring (bicyclic) bond motifs is 2. The number of benzene rings is 2. The lowest BCUT2D eigenvalue weighted by Crippen LogP contribution is -2.40. The van der Waals surface area contributed by atoms with E-state index in [0.717, 1.165) is 33.7 Å². The number of ether oxygens (including phenoxy) is 2. The van der Waals surface area contributed by atoms with Gasteiger partial charge in [0.05, 0.1) is 35.7 Å². The number of nitrogens with one attached hydrogen (secondary N) is 1. The van der Waals surface area contributed by atoms with Crippen molar-refractivity contribution in [1.29, 1.82) is 0 Å². The lowest BCUT2D eigenvalue weighted by molar-refractivity contribution is -0.112. The van der Waals surface area contributed by atoms with Crippen LogP contribution in [0, 0.1) is 0 Å². The van der Waals surface area contributed by atoms with Gasteiger partial charge in [-0.3, -0.25) is 14.9 Å². The van der Waals surface area contributed by atoms with E-state index in [2.05, 4.69) is 21.4 Å². The standard InChI is InChI=1S/C25H22N4O4S2/c30-23(20-14-34-13-19(26-20)15-2-4-21-16(11-15)5-8-33-21)28-25-27-18-3-1-17(12-22(18)35-25)24(31)29-6-9-32-10-7-29/h1-4,11-12,14H,5-10,13H2,(H,27,28,30). The van der Waals surface area contributed by atoms with Crippen molar-refractivity contribution in [2.75, 3.05) is 44.0 Å². The first-order valence-corrected chi connectivity index (χ1v) is 13.2. The number of rotatable bonds is 4. The minimum absolute atomic E-state index is 0.0152. The predicted octanol–water partition coefficient (Wildman–Crippen LogP) is 3.72. The fourth-order valence-electron chi connectivity index (χ4n) is 4.24. The lowest BCUT2D eigenvalue weighted by Gasteiger charge is -2.26. The first-order chi connectivity index (χ1) is 17.1. The van der Waals surface area contributed by atoms with Crippen LogP contribution in [-0.2, 0) is 16.0 Å². The Balaban J connectivity index is 1.18. The molecular formula is C25H22N4O4S2. The predicted molar refractivity (Wildman–Crippen MR) is 138 cm³/mol. The molecule has 0 spiro atoms. The summed E-state index contributed by atoms with van der Waals surface area (Å²) in [5, 5.41) is 5.13. The molecule has 3 aromatic rings. The van der Waals surface area contributed by atoms with Gasteiger partial charge < -0.3 is 14.4 Å². The maximum Gasteiger partial charge on any atom is 0.276 e. The molecule has 2 amide bonds. The summed E-state index contributed by atoms with van der Waals surface area (Å²) >= 11 is 2.89. The number of amides is 2. The molecule has 10 heteroatoms. The second-order valence-corrected chi connectivity index (χ2v) is 10.2. The van der Waals surface area contributed by atoms with E-state index in [-0.39, 0.29) is 11.8 Å². The Hall–Kier alpha value is -3.21. The molecule has 1 aromatic heterocycles. The summed E-state index contributed by atoms with van der Waals surface area (Å²) in [5.74, 6) is 1.32. The molecule has 6 rings (SSSR count). The van der Waals surface area contributed by atoms with Crippen molar-refractivity contribution in [2.45, 2.75) is 6.42 Å². The van der Waals surface area contributed by atoms with Crippen LogP contribution in [0.15, 0.2) is 52.5 Å². The highest BCUT2D eigenvalue weighted by molar-refractivity contribution is 8.02. The van der Waals surface area contributed by atoms with Crippen molar-refractivity contribution < 1.29 is 19.1 Å². The van der Waals surface area contributed by atoms with Crippen LogP contribution in [0.25, 0.3) is 10.2 Å². The molecule has 1 fully saturated rings. The number of nitrogens with zero attached hydrogens (tertiary/aromatic N) is 3. The molecule has 178 valence electrons. The smallest absolute Gasteiger partial charge is 0.276 e. The molecule has 1 N–H and O–H groups in total. The molecule has 1 saturated heterocycles. The summed E-state index contributed by atoms with van der Waals surface area (Å²) in [7, 11) is 0. The summed E-state index contributed by atoms with van der Waals surface area (Å²) in [6.07, 6.45) is 0.893. The zero-order chi connectivity index (χ0) is 23.8. The number of thioether (sulfide) groups is 1. The van der Waals surface area contributed by atoms with Gasteiger partial charge in [0.1, 0.15) is 11.4 Å². The van der Waals surface area contributed by atoms with Gasteiger partial charge in [-0.15, -0.1) is 11.8 Å². The van der Waals surface area contributed by atoms with Crippen LogP contribution >= 0.6 is 23.1 Å². The molecule has 3 aliphatic rings. The van der Waals surface area contributed by atoms with Crippen LogP contribution in [0.3, 0.4) is 0 Å². The van der Waals surface area contributed by atoms with Crippen LogP contribution in [-0.4, -0.2) is 66.1 Å². The molecular weight excluding hydrogens is 484 g/mol. The summed E-state index contributed by atoms with van der Waals surface area (Å²) in [4.78, 5) is 36.7. The first-order valence-electron chi connectivity index (χ1n) is 11.4. The molecule has 0 saturated carbocycles. The second-order valence-electron chi connectivity index (χ2n) is 8.35. The maximum absolute atomic E-state index is 13.0. The Morgan fingerprint density at radius 1 is 1.06 bits per heavy atom. The van der Waals surface area contributed by atoms with Gasteiger partial charge >= 0.3 is 0 Å². The third kappa shape index (κ3) is 4.56. The average molecular weight is 507 g/mol. The number of carbonyl (C=O) groups is 2. The van der Waals surface area contributed by atoms with Gasteiger partial charge in [-0.25, -0.2) is 9.98 Å². The van der Waals surface area contributed by atoms with Gasteiger partial charge in [-0.2, -0.15) is 0 Å². The molecule has 0 aliphatic carbocycles. The summed E-state index contributed by atoms with van der Waals surface area (Å²) in [6.45, 7) is 3.01. The number of morpholine rings is 1. The number of hydrogen-bond acceptors (Lipinski definition) is 8. The van der Waals surface area contributed by atoms with Crippen molar-refractivity contribution >= 4 is 56.0 Å². The number of anilines is 1. The Bertz CT molecular complexity index is 1390. The van der Waals surface area contributed by atoms with E-state index in [1.165, 1.54) is 16.9 Å². The van der Waals surface area contributed by atoms with Crippen molar-refractivity contribution in [2.24, 2.45) is 4.99 Å². The van der Waals surface area contributed by atoms with Crippen LogP contribution in [0.2, 0.25) is 0 Å². The van der Waals surface area contributed by atoms with Gasteiger partial charge in [0, 0.05) is 36.2 Å². The highest BCUT2D eigenvalue weighted by atomic mass is 32.2. The van der Waals surface area contributed by atoms with Gasteiger partial charge in [-0.1, -0.05) is 11.3 Å². The topological polar surface area (TPSA) is 93.1 Å². The molecule has 4 heterocycles. The van der Waals surface area contributed by atoms with Crippen LogP contribution in [0.1, 0.15) is 21.5 Å². The number of carbonyl (C=O) groups excluding carboxylic acids is 2. The summed E-state index contributed by atoms with van der Waals surface area (Å²) in [5.41, 5.74) is 4.76. The van der Waals surface area contributed by atoms with E-state index in [1.54, 1.807) is 28.1 Å². The Morgan fingerprint density at radius 2 is 1.94 bits per heavy atom. The average Bonchev–Trinajstić information content (AvgIpc) is 3.54. The third-order valence-electron chi connectivity index (χ3n) is 6.08. The number of hydrogen-bond donors (Lipinski definition) is 1. The van der Waals surface area contributed by atoms with Crippen molar-refractivity contribution in [3.8, 4) is 5.75 Å². The van der Waals surface area contributed by atoms with Gasteiger partial charge in [-0.05, 0) is 47.5 Å².